The van der Waals surface area contributed by atoms with Crippen molar-refractivity contribution in [3.05, 3.63) is 34.9 Å². The Kier molecular flexibility index (Phi) is 3.20. The molecule has 1 rings (SSSR count). The van der Waals surface area contributed by atoms with E-state index in [1.807, 2.05) is 12.1 Å². The molecule has 2 nitrogen and oxygen atoms in total. The van der Waals surface area contributed by atoms with Gasteiger partial charge in [0.25, 0.3) is 0 Å². The third-order valence-electron chi connectivity index (χ3n) is 2.06. The van der Waals surface area contributed by atoms with Gasteiger partial charge in [-0.15, -0.1) is 0 Å². The summed E-state index contributed by atoms with van der Waals surface area (Å²) in [5.74, 6) is -0.335. The molecule has 1 atom stereocenters. The van der Waals surface area contributed by atoms with Crippen LogP contribution in [-0.2, 0) is 0 Å². The molecule has 3 heteroatoms. The van der Waals surface area contributed by atoms with E-state index in [4.69, 9.17) is 10.5 Å². The number of hydrogen-bond acceptors (Lipinski definition) is 2. The second kappa shape index (κ2) is 4.39. The van der Waals surface area contributed by atoms with Crippen LogP contribution in [0, 0.1) is 22.7 Å². The average molecular weight is 188 g/mol. The Bertz CT molecular complexity index is 412. The van der Waals surface area contributed by atoms with Crippen LogP contribution in [0.2, 0.25) is 0 Å². The minimum absolute atomic E-state index is 0.335. The van der Waals surface area contributed by atoms with Crippen molar-refractivity contribution in [1.29, 1.82) is 10.5 Å². The van der Waals surface area contributed by atoms with Gasteiger partial charge in [-0.2, -0.15) is 10.5 Å². The molecule has 0 bridgehead atoms. The molecule has 0 heterocycles. The highest BCUT2D eigenvalue weighted by atomic mass is 19.1. The number of halogens is 1. The van der Waals surface area contributed by atoms with E-state index in [2.05, 4.69) is 0 Å². The van der Waals surface area contributed by atoms with Crippen LogP contribution in [0.5, 0.6) is 0 Å². The Hall–Kier alpha value is -1.87. The SMILES string of the molecule is CC(CF)c1cc(C#N)ccc1C#N. The highest BCUT2D eigenvalue weighted by Gasteiger charge is 2.10. The van der Waals surface area contributed by atoms with Crippen LogP contribution in [-0.4, -0.2) is 6.67 Å². The van der Waals surface area contributed by atoms with Crippen molar-refractivity contribution in [2.45, 2.75) is 12.8 Å². The van der Waals surface area contributed by atoms with E-state index in [1.165, 1.54) is 0 Å². The first kappa shape index (κ1) is 10.2. The van der Waals surface area contributed by atoms with Crippen LogP contribution >= 0.6 is 0 Å². The van der Waals surface area contributed by atoms with Crippen molar-refractivity contribution < 1.29 is 4.39 Å². The minimum atomic E-state index is -0.524. The molecule has 14 heavy (non-hydrogen) atoms. The van der Waals surface area contributed by atoms with Crippen LogP contribution in [0.15, 0.2) is 18.2 Å². The molecule has 0 aliphatic rings. The predicted molar refractivity (Wildman–Crippen MR) is 50.3 cm³/mol. The van der Waals surface area contributed by atoms with E-state index in [0.29, 0.717) is 16.7 Å². The lowest BCUT2D eigenvalue weighted by Gasteiger charge is -2.09. The van der Waals surface area contributed by atoms with Gasteiger partial charge in [-0.1, -0.05) is 6.92 Å². The third-order valence-corrected chi connectivity index (χ3v) is 2.06. The first-order chi connectivity index (χ1) is 6.72. The number of alkyl halides is 1. The molecule has 1 unspecified atom stereocenters. The van der Waals surface area contributed by atoms with Crippen molar-refractivity contribution in [2.75, 3.05) is 6.67 Å². The fourth-order valence-corrected chi connectivity index (χ4v) is 1.22. The zero-order valence-electron chi connectivity index (χ0n) is 7.79. The quantitative estimate of drug-likeness (QED) is 0.715. The highest BCUT2D eigenvalue weighted by Crippen LogP contribution is 2.21. The molecule has 0 saturated carbocycles. The minimum Gasteiger partial charge on any atom is -0.250 e. The van der Waals surface area contributed by atoms with E-state index in [0.717, 1.165) is 0 Å². The second-order valence-corrected chi connectivity index (χ2v) is 3.08. The summed E-state index contributed by atoms with van der Waals surface area (Å²) in [4.78, 5) is 0. The van der Waals surface area contributed by atoms with Crippen LogP contribution in [0.3, 0.4) is 0 Å². The number of hydrogen-bond donors (Lipinski definition) is 0. The molecule has 0 radical (unpaired) electrons. The molecule has 70 valence electrons. The molecule has 0 amide bonds. The molecule has 0 saturated heterocycles. The van der Waals surface area contributed by atoms with E-state index < -0.39 is 6.67 Å². The third kappa shape index (κ3) is 1.89. The number of nitriles is 2. The molecule has 0 aromatic heterocycles. The maximum absolute atomic E-state index is 12.4. The Balaban J connectivity index is 3.25. The maximum Gasteiger partial charge on any atom is 0.0994 e. The normalized spacial score (nSPS) is 11.4. The van der Waals surface area contributed by atoms with Gasteiger partial charge in [-0.3, -0.25) is 4.39 Å². The first-order valence-electron chi connectivity index (χ1n) is 4.23. The van der Waals surface area contributed by atoms with Crippen molar-refractivity contribution >= 4 is 0 Å². The summed E-state index contributed by atoms with van der Waals surface area (Å²) in [5, 5.41) is 17.4. The van der Waals surface area contributed by atoms with Gasteiger partial charge < -0.3 is 0 Å². The van der Waals surface area contributed by atoms with Crippen molar-refractivity contribution in [2.24, 2.45) is 0 Å². The van der Waals surface area contributed by atoms with Gasteiger partial charge >= 0.3 is 0 Å². The first-order valence-corrected chi connectivity index (χ1v) is 4.23. The van der Waals surface area contributed by atoms with Crippen LogP contribution in [0.25, 0.3) is 0 Å². The fraction of sp³-hybridized carbons (Fsp3) is 0.273. The smallest absolute Gasteiger partial charge is 0.0994 e. The average Bonchev–Trinajstić information content (AvgIpc) is 2.27. The van der Waals surface area contributed by atoms with E-state index in [9.17, 15) is 4.39 Å². The molecule has 0 N–H and O–H groups in total. The lowest BCUT2D eigenvalue weighted by molar-refractivity contribution is 0.447. The molecule has 0 aliphatic carbocycles. The van der Waals surface area contributed by atoms with E-state index >= 15 is 0 Å². The zero-order valence-corrected chi connectivity index (χ0v) is 7.79. The second-order valence-electron chi connectivity index (χ2n) is 3.08. The molecule has 1 aromatic rings. The van der Waals surface area contributed by atoms with Crippen LogP contribution in [0.4, 0.5) is 4.39 Å². The summed E-state index contributed by atoms with van der Waals surface area (Å²) in [5.41, 5.74) is 1.50. The molecule has 0 spiro atoms. The summed E-state index contributed by atoms with van der Waals surface area (Å²) in [6, 6.07) is 8.64. The topological polar surface area (TPSA) is 47.6 Å². The Morgan fingerprint density at radius 2 is 2.07 bits per heavy atom. The van der Waals surface area contributed by atoms with Gasteiger partial charge in [0.05, 0.1) is 29.9 Å². The van der Waals surface area contributed by atoms with Gasteiger partial charge in [0.2, 0.25) is 0 Å². The summed E-state index contributed by atoms with van der Waals surface area (Å²) in [7, 11) is 0. The zero-order chi connectivity index (χ0) is 10.6. The highest BCUT2D eigenvalue weighted by molar-refractivity contribution is 5.45. The summed E-state index contributed by atoms with van der Waals surface area (Å²) < 4.78 is 12.4. The van der Waals surface area contributed by atoms with Gasteiger partial charge in [0.1, 0.15) is 0 Å². The molecular weight excluding hydrogens is 179 g/mol. The fourth-order valence-electron chi connectivity index (χ4n) is 1.22. The van der Waals surface area contributed by atoms with Gasteiger partial charge in [-0.25, -0.2) is 0 Å². The number of benzene rings is 1. The predicted octanol–water partition coefficient (Wildman–Crippen LogP) is 2.50. The summed E-state index contributed by atoms with van der Waals surface area (Å²) in [6.07, 6.45) is 0. The lowest BCUT2D eigenvalue weighted by Crippen LogP contribution is -1.99. The molecule has 0 fully saturated rings. The monoisotopic (exact) mass is 188 g/mol. The number of rotatable bonds is 2. The van der Waals surface area contributed by atoms with Gasteiger partial charge in [0, 0.05) is 5.92 Å². The van der Waals surface area contributed by atoms with E-state index in [1.54, 1.807) is 25.1 Å². The molecular formula is C11H9FN2. The van der Waals surface area contributed by atoms with Gasteiger partial charge in [0.15, 0.2) is 0 Å². The van der Waals surface area contributed by atoms with Crippen LogP contribution < -0.4 is 0 Å². The van der Waals surface area contributed by atoms with Crippen molar-refractivity contribution in [3.8, 4) is 12.1 Å². The Labute approximate surface area is 82.2 Å². The van der Waals surface area contributed by atoms with Crippen molar-refractivity contribution in [3.63, 3.8) is 0 Å². The largest absolute Gasteiger partial charge is 0.250 e. The lowest BCUT2D eigenvalue weighted by atomic mass is 9.95. The standard InChI is InChI=1S/C11H9FN2/c1-8(5-12)11-4-9(6-13)2-3-10(11)7-14/h2-4,8H,5H2,1H3. The summed E-state index contributed by atoms with van der Waals surface area (Å²) >= 11 is 0. The Morgan fingerprint density at radius 1 is 1.36 bits per heavy atom. The van der Waals surface area contributed by atoms with Crippen LogP contribution in [0.1, 0.15) is 29.5 Å². The summed E-state index contributed by atoms with van der Waals surface area (Å²) in [6.45, 7) is 1.17. The van der Waals surface area contributed by atoms with Gasteiger partial charge in [-0.05, 0) is 23.8 Å². The van der Waals surface area contributed by atoms with Crippen molar-refractivity contribution in [1.82, 2.24) is 0 Å². The number of nitrogens with zero attached hydrogens (tertiary/aromatic N) is 2. The van der Waals surface area contributed by atoms with E-state index in [-0.39, 0.29) is 5.92 Å². The maximum atomic E-state index is 12.4. The molecule has 1 aromatic carbocycles. The molecule has 0 aliphatic heterocycles. The Morgan fingerprint density at radius 3 is 2.57 bits per heavy atom.